The van der Waals surface area contributed by atoms with Crippen molar-refractivity contribution in [3.05, 3.63) is 0 Å². The topological polar surface area (TPSA) is 69.1 Å². The molecular weight excluding hydrogens is 148 g/mol. The quantitative estimate of drug-likeness (QED) is 0.572. The van der Waals surface area contributed by atoms with E-state index >= 15 is 0 Å². The number of carbonyl (C=O) groups excluding carboxylic acids is 1. The van der Waals surface area contributed by atoms with Gasteiger partial charge < -0.3 is 11.5 Å². The Hall–Kier alpha value is -0.640. The zero-order chi connectivity index (χ0) is 8.31. The fraction of sp³-hybridized carbons (Fsp3) is 0.667. The van der Waals surface area contributed by atoms with E-state index in [0.29, 0.717) is 0 Å². The van der Waals surface area contributed by atoms with Crippen LogP contribution in [0.4, 0.5) is 0 Å². The lowest BCUT2D eigenvalue weighted by molar-refractivity contribution is -0.120. The van der Waals surface area contributed by atoms with Gasteiger partial charge in [-0.2, -0.15) is 0 Å². The summed E-state index contributed by atoms with van der Waals surface area (Å²) in [5.74, 6) is -0.812. The summed E-state index contributed by atoms with van der Waals surface area (Å²) in [5.41, 5.74) is 10.3. The molecule has 0 aromatic heterocycles. The highest BCUT2D eigenvalue weighted by Gasteiger charge is 2.21. The summed E-state index contributed by atoms with van der Waals surface area (Å²) in [4.78, 5) is 10.8. The van der Waals surface area contributed by atoms with E-state index in [2.05, 4.69) is 12.2 Å². The summed E-state index contributed by atoms with van der Waals surface area (Å²) in [6.07, 6.45) is 0. The number of primary amides is 1. The number of hydrogen-bond donors (Lipinski definition) is 2. The fourth-order valence-corrected chi connectivity index (χ4v) is 1.19. The molecule has 0 aliphatic carbocycles. The number of rotatable bonds is 3. The first-order valence-corrected chi connectivity index (χ1v) is 3.46. The van der Waals surface area contributed by atoms with E-state index in [0.717, 1.165) is 0 Å². The first-order valence-electron chi connectivity index (χ1n) is 3.05. The van der Waals surface area contributed by atoms with Crippen molar-refractivity contribution in [3.8, 4) is 0 Å². The van der Waals surface area contributed by atoms with E-state index in [-0.39, 0.29) is 10.9 Å². The number of thiocarbonyl (C=S) groups is 1. The van der Waals surface area contributed by atoms with Crippen LogP contribution in [0.5, 0.6) is 0 Å². The van der Waals surface area contributed by atoms with Gasteiger partial charge in [0, 0.05) is 0 Å². The van der Waals surface area contributed by atoms with Crippen LogP contribution in [0.3, 0.4) is 0 Å². The predicted molar refractivity (Wildman–Crippen MR) is 44.3 cm³/mol. The first-order chi connectivity index (χ1) is 4.46. The lowest BCUT2D eigenvalue weighted by atomic mass is 9.95. The molecule has 0 aromatic carbocycles. The van der Waals surface area contributed by atoms with Crippen molar-refractivity contribution in [2.24, 2.45) is 23.3 Å². The second-order valence-corrected chi connectivity index (χ2v) is 3.00. The maximum Gasteiger partial charge on any atom is 0.227 e. The first kappa shape index (κ1) is 9.36. The number of nitrogens with two attached hydrogens (primary N) is 2. The molecule has 0 saturated heterocycles. The van der Waals surface area contributed by atoms with E-state index in [1.54, 1.807) is 0 Å². The van der Waals surface area contributed by atoms with Crippen LogP contribution in [-0.2, 0) is 4.79 Å². The second-order valence-electron chi connectivity index (χ2n) is 2.53. The average molecular weight is 160 g/mol. The van der Waals surface area contributed by atoms with Crippen molar-refractivity contribution >= 4 is 23.1 Å². The largest absolute Gasteiger partial charge is 0.393 e. The van der Waals surface area contributed by atoms with Gasteiger partial charge in [-0.25, -0.2) is 0 Å². The summed E-state index contributed by atoms with van der Waals surface area (Å²) < 4.78 is 0. The third-order valence-electron chi connectivity index (χ3n) is 1.28. The minimum absolute atomic E-state index is 0.0926. The Morgan fingerprint density at radius 1 is 1.40 bits per heavy atom. The van der Waals surface area contributed by atoms with E-state index in [1.807, 2.05) is 13.8 Å². The molecule has 1 amide bonds. The van der Waals surface area contributed by atoms with Gasteiger partial charge in [0.1, 0.15) is 0 Å². The number of carbonyl (C=O) groups is 1. The Bertz CT molecular complexity index is 142. The zero-order valence-corrected chi connectivity index (χ0v) is 6.94. The summed E-state index contributed by atoms with van der Waals surface area (Å²) in [6, 6.07) is 0. The zero-order valence-electron chi connectivity index (χ0n) is 6.13. The highest BCUT2D eigenvalue weighted by atomic mass is 32.1. The van der Waals surface area contributed by atoms with Crippen LogP contribution in [-0.4, -0.2) is 10.9 Å². The minimum atomic E-state index is -0.463. The van der Waals surface area contributed by atoms with E-state index in [1.165, 1.54) is 0 Å². The van der Waals surface area contributed by atoms with Crippen LogP contribution in [0.1, 0.15) is 13.8 Å². The molecule has 3 nitrogen and oxygen atoms in total. The van der Waals surface area contributed by atoms with Crippen LogP contribution in [0.25, 0.3) is 0 Å². The average Bonchev–Trinajstić information content (AvgIpc) is 1.59. The molecule has 58 valence electrons. The minimum Gasteiger partial charge on any atom is -0.393 e. The van der Waals surface area contributed by atoms with E-state index in [9.17, 15) is 4.79 Å². The van der Waals surface area contributed by atoms with Crippen molar-refractivity contribution in [2.45, 2.75) is 13.8 Å². The van der Waals surface area contributed by atoms with Gasteiger partial charge in [-0.05, 0) is 5.92 Å². The van der Waals surface area contributed by atoms with Gasteiger partial charge in [-0.1, -0.05) is 26.1 Å². The standard InChI is InChI=1S/C6H12N2OS/c1-3(2)4(5(7)9)6(8)10/h3-4H,1-2H3,(H2,7,9)(H2,8,10). The maximum absolute atomic E-state index is 10.6. The molecule has 1 unspecified atom stereocenters. The predicted octanol–water partition coefficient (Wildman–Crippen LogP) is 0.0300. The summed E-state index contributed by atoms with van der Waals surface area (Å²) >= 11 is 4.65. The van der Waals surface area contributed by atoms with Crippen LogP contribution in [0.2, 0.25) is 0 Å². The van der Waals surface area contributed by atoms with Gasteiger partial charge >= 0.3 is 0 Å². The molecule has 0 saturated carbocycles. The highest BCUT2D eigenvalue weighted by molar-refractivity contribution is 7.80. The Morgan fingerprint density at radius 3 is 1.80 bits per heavy atom. The molecule has 4 heteroatoms. The molecule has 0 fully saturated rings. The van der Waals surface area contributed by atoms with Crippen molar-refractivity contribution in [3.63, 3.8) is 0 Å². The van der Waals surface area contributed by atoms with Gasteiger partial charge in [-0.15, -0.1) is 0 Å². The van der Waals surface area contributed by atoms with E-state index in [4.69, 9.17) is 11.5 Å². The van der Waals surface area contributed by atoms with Crippen molar-refractivity contribution in [1.29, 1.82) is 0 Å². The van der Waals surface area contributed by atoms with Crippen LogP contribution in [0.15, 0.2) is 0 Å². The molecule has 0 spiro atoms. The Balaban J connectivity index is 4.27. The monoisotopic (exact) mass is 160 g/mol. The normalized spacial score (nSPS) is 13.1. The smallest absolute Gasteiger partial charge is 0.227 e. The summed E-state index contributed by atoms with van der Waals surface area (Å²) in [5, 5.41) is 0. The van der Waals surface area contributed by atoms with Crippen LogP contribution < -0.4 is 11.5 Å². The van der Waals surface area contributed by atoms with Gasteiger partial charge in [0.2, 0.25) is 5.91 Å². The molecule has 10 heavy (non-hydrogen) atoms. The Kier molecular flexibility index (Phi) is 3.28. The molecule has 1 atom stereocenters. The fourth-order valence-electron chi connectivity index (χ4n) is 0.797. The third kappa shape index (κ3) is 2.31. The molecule has 0 aliphatic heterocycles. The molecule has 0 aliphatic rings. The molecule has 4 N–H and O–H groups in total. The Morgan fingerprint density at radius 2 is 1.80 bits per heavy atom. The van der Waals surface area contributed by atoms with E-state index < -0.39 is 11.8 Å². The number of amides is 1. The summed E-state index contributed by atoms with van der Waals surface area (Å²) in [6.45, 7) is 3.71. The van der Waals surface area contributed by atoms with Crippen molar-refractivity contribution in [1.82, 2.24) is 0 Å². The van der Waals surface area contributed by atoms with Gasteiger partial charge in [0.05, 0.1) is 10.9 Å². The molecule has 0 heterocycles. The van der Waals surface area contributed by atoms with Gasteiger partial charge in [0.15, 0.2) is 0 Å². The summed E-state index contributed by atoms with van der Waals surface area (Å²) in [7, 11) is 0. The maximum atomic E-state index is 10.6. The van der Waals surface area contributed by atoms with Gasteiger partial charge in [-0.3, -0.25) is 4.79 Å². The third-order valence-corrected chi connectivity index (χ3v) is 1.53. The lowest BCUT2D eigenvalue weighted by Gasteiger charge is -2.14. The van der Waals surface area contributed by atoms with Crippen LogP contribution >= 0.6 is 12.2 Å². The van der Waals surface area contributed by atoms with Gasteiger partial charge in [0.25, 0.3) is 0 Å². The van der Waals surface area contributed by atoms with Crippen LogP contribution in [0, 0.1) is 11.8 Å². The molecule has 0 radical (unpaired) electrons. The van der Waals surface area contributed by atoms with Crippen molar-refractivity contribution in [2.75, 3.05) is 0 Å². The highest BCUT2D eigenvalue weighted by Crippen LogP contribution is 2.09. The molecular formula is C6H12N2OS. The van der Waals surface area contributed by atoms with Crippen molar-refractivity contribution < 1.29 is 4.79 Å². The molecule has 0 aromatic rings. The SMILES string of the molecule is CC(C)C(C(N)=O)C(N)=S. The lowest BCUT2D eigenvalue weighted by Crippen LogP contribution is -2.37. The number of hydrogen-bond acceptors (Lipinski definition) is 2. The second kappa shape index (κ2) is 3.51. The molecule has 0 rings (SSSR count). The molecule has 0 bridgehead atoms. The Labute approximate surface area is 65.8 Å².